The highest BCUT2D eigenvalue weighted by atomic mass is 35.5. The molecule has 0 saturated carbocycles. The van der Waals surface area contributed by atoms with Gasteiger partial charge in [0.2, 0.25) is 0 Å². The first-order chi connectivity index (χ1) is 8.04. The number of halogens is 3. The van der Waals surface area contributed by atoms with Gasteiger partial charge < -0.3 is 10.6 Å². The first kappa shape index (κ1) is 14.1. The molecule has 0 aliphatic heterocycles. The van der Waals surface area contributed by atoms with Gasteiger partial charge >= 0.3 is 11.8 Å². The van der Waals surface area contributed by atoms with E-state index in [1.165, 1.54) is 12.1 Å². The van der Waals surface area contributed by atoms with E-state index in [0.29, 0.717) is 10.7 Å². The largest absolute Gasteiger partial charge is 0.347 e. The Morgan fingerprint density at radius 3 is 2.47 bits per heavy atom. The average Bonchev–Trinajstić information content (AvgIpc) is 2.29. The number of carbonyl (C=O) groups is 2. The van der Waals surface area contributed by atoms with Gasteiger partial charge in [0.15, 0.2) is 0 Å². The smallest absolute Gasteiger partial charge is 0.313 e. The van der Waals surface area contributed by atoms with Crippen LogP contribution >= 0.6 is 34.8 Å². The molecule has 0 spiro atoms. The summed E-state index contributed by atoms with van der Waals surface area (Å²) in [5, 5.41) is 5.40. The van der Waals surface area contributed by atoms with Crippen LogP contribution in [0.25, 0.3) is 0 Å². The number of anilines is 1. The predicted octanol–water partition coefficient (Wildman–Crippen LogP) is 2.29. The lowest BCUT2D eigenvalue weighted by Gasteiger charge is -2.07. The summed E-state index contributed by atoms with van der Waals surface area (Å²) in [6, 6.07) is 4.53. The molecule has 92 valence electrons. The molecule has 4 nitrogen and oxygen atoms in total. The van der Waals surface area contributed by atoms with Gasteiger partial charge in [-0.3, -0.25) is 9.59 Å². The Hall–Kier alpha value is -0.970. The van der Waals surface area contributed by atoms with Gasteiger partial charge in [-0.1, -0.05) is 23.2 Å². The lowest BCUT2D eigenvalue weighted by atomic mass is 10.3. The fraction of sp³-hybridized carbons (Fsp3) is 0.200. The Morgan fingerprint density at radius 1 is 1.18 bits per heavy atom. The zero-order valence-electron chi connectivity index (χ0n) is 8.60. The van der Waals surface area contributed by atoms with E-state index >= 15 is 0 Å². The summed E-state index contributed by atoms with van der Waals surface area (Å²) in [4.78, 5) is 22.6. The molecule has 0 aliphatic carbocycles. The quantitative estimate of drug-likeness (QED) is 0.664. The van der Waals surface area contributed by atoms with Crippen molar-refractivity contribution in [2.75, 3.05) is 17.7 Å². The van der Waals surface area contributed by atoms with E-state index in [0.717, 1.165) is 0 Å². The molecule has 7 heteroatoms. The Balaban J connectivity index is 2.64. The van der Waals surface area contributed by atoms with Crippen molar-refractivity contribution in [3.8, 4) is 0 Å². The molecule has 1 aromatic carbocycles. The van der Waals surface area contributed by atoms with Crippen LogP contribution in [-0.2, 0) is 9.59 Å². The van der Waals surface area contributed by atoms with Crippen LogP contribution < -0.4 is 10.6 Å². The molecule has 0 aliphatic rings. The second kappa shape index (κ2) is 6.69. The van der Waals surface area contributed by atoms with Crippen molar-refractivity contribution in [3.63, 3.8) is 0 Å². The number of benzene rings is 1. The molecule has 2 amide bonds. The SMILES string of the molecule is O=C(NCCCl)C(=O)Nc1ccc(Cl)cc1Cl. The van der Waals surface area contributed by atoms with Crippen molar-refractivity contribution in [2.24, 2.45) is 0 Å². The number of alkyl halides is 1. The van der Waals surface area contributed by atoms with Crippen LogP contribution in [0.4, 0.5) is 5.69 Å². The zero-order chi connectivity index (χ0) is 12.8. The first-order valence-electron chi connectivity index (χ1n) is 4.65. The third kappa shape index (κ3) is 4.42. The normalized spacial score (nSPS) is 9.82. The number of carbonyl (C=O) groups excluding carboxylic acids is 2. The third-order valence-electron chi connectivity index (χ3n) is 1.77. The second-order valence-corrected chi connectivity index (χ2v) is 4.24. The molecule has 0 atom stereocenters. The highest BCUT2D eigenvalue weighted by Crippen LogP contribution is 2.25. The van der Waals surface area contributed by atoms with Crippen molar-refractivity contribution >= 4 is 52.3 Å². The van der Waals surface area contributed by atoms with Crippen LogP contribution in [-0.4, -0.2) is 24.2 Å². The Kier molecular flexibility index (Phi) is 5.55. The summed E-state index contributed by atoms with van der Waals surface area (Å²) in [6.45, 7) is 0.224. The van der Waals surface area contributed by atoms with Gasteiger partial charge in [0.1, 0.15) is 0 Å². The van der Waals surface area contributed by atoms with Crippen molar-refractivity contribution in [2.45, 2.75) is 0 Å². The molecule has 0 fully saturated rings. The number of hydrogen-bond acceptors (Lipinski definition) is 2. The maximum atomic E-state index is 11.4. The standard InChI is InChI=1S/C10H9Cl3N2O2/c11-3-4-14-9(16)10(17)15-8-2-1-6(12)5-7(8)13/h1-2,5H,3-4H2,(H,14,16)(H,15,17). The molecule has 0 bridgehead atoms. The summed E-state index contributed by atoms with van der Waals surface area (Å²) >= 11 is 16.9. The summed E-state index contributed by atoms with van der Waals surface area (Å²) < 4.78 is 0. The number of nitrogens with one attached hydrogen (secondary N) is 2. The molecule has 0 aromatic heterocycles. The van der Waals surface area contributed by atoms with E-state index in [2.05, 4.69) is 10.6 Å². The molecule has 1 rings (SSSR count). The highest BCUT2D eigenvalue weighted by Gasteiger charge is 2.14. The molecule has 1 aromatic rings. The number of rotatable bonds is 3. The van der Waals surface area contributed by atoms with E-state index in [-0.39, 0.29) is 17.4 Å². The van der Waals surface area contributed by atoms with Crippen LogP contribution in [0.1, 0.15) is 0 Å². The van der Waals surface area contributed by atoms with Crippen molar-refractivity contribution in [3.05, 3.63) is 28.2 Å². The predicted molar refractivity (Wildman–Crippen MR) is 68.8 cm³/mol. The van der Waals surface area contributed by atoms with Gasteiger partial charge in [-0.05, 0) is 18.2 Å². The first-order valence-corrected chi connectivity index (χ1v) is 5.94. The Bertz CT molecular complexity index is 438. The zero-order valence-corrected chi connectivity index (χ0v) is 10.9. The van der Waals surface area contributed by atoms with Crippen molar-refractivity contribution in [1.82, 2.24) is 5.32 Å². The van der Waals surface area contributed by atoms with Crippen LogP contribution in [0.3, 0.4) is 0 Å². The molecule has 0 radical (unpaired) electrons. The molecular weight excluding hydrogens is 286 g/mol. The van der Waals surface area contributed by atoms with Gasteiger partial charge in [-0.25, -0.2) is 0 Å². The molecule has 2 N–H and O–H groups in total. The number of hydrogen-bond donors (Lipinski definition) is 2. The maximum absolute atomic E-state index is 11.4. The van der Waals surface area contributed by atoms with Crippen LogP contribution in [0.15, 0.2) is 18.2 Å². The van der Waals surface area contributed by atoms with Gasteiger partial charge in [-0.2, -0.15) is 0 Å². The molecule has 17 heavy (non-hydrogen) atoms. The summed E-state index contributed by atoms with van der Waals surface area (Å²) in [5.41, 5.74) is 0.321. The monoisotopic (exact) mass is 294 g/mol. The van der Waals surface area contributed by atoms with E-state index in [1.807, 2.05) is 0 Å². The second-order valence-electron chi connectivity index (χ2n) is 3.02. The fourth-order valence-corrected chi connectivity index (χ4v) is 1.56. The third-order valence-corrected chi connectivity index (χ3v) is 2.50. The van der Waals surface area contributed by atoms with Gasteiger partial charge in [0.05, 0.1) is 10.7 Å². The van der Waals surface area contributed by atoms with E-state index in [9.17, 15) is 9.59 Å². The summed E-state index contributed by atoms with van der Waals surface area (Å²) in [6.07, 6.45) is 0. The Morgan fingerprint density at radius 2 is 1.88 bits per heavy atom. The van der Waals surface area contributed by atoms with Crippen LogP contribution in [0.5, 0.6) is 0 Å². The summed E-state index contributed by atoms with van der Waals surface area (Å²) in [7, 11) is 0. The van der Waals surface area contributed by atoms with Gasteiger partial charge in [-0.15, -0.1) is 11.6 Å². The van der Waals surface area contributed by atoms with Crippen molar-refractivity contribution < 1.29 is 9.59 Å². The van der Waals surface area contributed by atoms with Gasteiger partial charge in [0.25, 0.3) is 0 Å². The van der Waals surface area contributed by atoms with E-state index in [1.54, 1.807) is 6.07 Å². The van der Waals surface area contributed by atoms with Crippen molar-refractivity contribution in [1.29, 1.82) is 0 Å². The maximum Gasteiger partial charge on any atom is 0.313 e. The van der Waals surface area contributed by atoms with E-state index < -0.39 is 11.8 Å². The lowest BCUT2D eigenvalue weighted by Crippen LogP contribution is -2.36. The lowest BCUT2D eigenvalue weighted by molar-refractivity contribution is -0.136. The number of amides is 2. The minimum atomic E-state index is -0.806. The van der Waals surface area contributed by atoms with Crippen LogP contribution in [0.2, 0.25) is 10.0 Å². The molecule has 0 heterocycles. The fourth-order valence-electron chi connectivity index (χ4n) is 1.01. The van der Waals surface area contributed by atoms with Gasteiger partial charge in [0, 0.05) is 17.4 Å². The Labute approximate surface area is 113 Å². The van der Waals surface area contributed by atoms with E-state index in [4.69, 9.17) is 34.8 Å². The average molecular weight is 296 g/mol. The molecular formula is C10H9Cl3N2O2. The van der Waals surface area contributed by atoms with Crippen LogP contribution in [0, 0.1) is 0 Å². The highest BCUT2D eigenvalue weighted by molar-refractivity contribution is 6.42. The summed E-state index contributed by atoms with van der Waals surface area (Å²) in [5.74, 6) is -1.34. The minimum Gasteiger partial charge on any atom is -0.347 e. The topological polar surface area (TPSA) is 58.2 Å². The molecule has 0 saturated heterocycles. The minimum absolute atomic E-state index is 0.224. The molecule has 0 unspecified atom stereocenters.